The highest BCUT2D eigenvalue weighted by Gasteiger charge is 2.33. The average molecular weight is 426 g/mol. The van der Waals surface area contributed by atoms with Crippen molar-refractivity contribution in [1.29, 1.82) is 0 Å². The smallest absolute Gasteiger partial charge is 0.270 e. The number of thioether (sulfide) groups is 1. The van der Waals surface area contributed by atoms with Crippen molar-refractivity contribution in [3.8, 4) is 11.3 Å². The molecule has 2 aromatic carbocycles. The standard InChI is InChI=1S/C20H11FN2O4S2/c21-13-4-2-5-14(10-13)22-19(24)18(29-20(22)28)11-16-7-8-17(27-16)12-3-1-6-15(9-12)23(25)26/h1-11H. The molecular formula is C20H11FN2O4S2. The van der Waals surface area contributed by atoms with Crippen LogP contribution in [0, 0.1) is 15.9 Å². The van der Waals surface area contributed by atoms with Crippen molar-refractivity contribution in [3.05, 3.63) is 87.3 Å². The quantitative estimate of drug-likeness (QED) is 0.241. The zero-order chi connectivity index (χ0) is 20.5. The number of furan rings is 1. The lowest BCUT2D eigenvalue weighted by atomic mass is 10.1. The highest BCUT2D eigenvalue weighted by Crippen LogP contribution is 2.37. The number of carbonyl (C=O) groups excluding carboxylic acids is 1. The number of rotatable bonds is 4. The summed E-state index contributed by atoms with van der Waals surface area (Å²) in [4.78, 5) is 24.8. The van der Waals surface area contributed by atoms with Crippen molar-refractivity contribution in [1.82, 2.24) is 0 Å². The number of nitro groups is 1. The normalized spacial score (nSPS) is 15.3. The molecule has 0 aliphatic carbocycles. The number of anilines is 1. The molecule has 0 N–H and O–H groups in total. The predicted molar refractivity (Wildman–Crippen MR) is 113 cm³/mol. The molecule has 9 heteroatoms. The van der Waals surface area contributed by atoms with Crippen LogP contribution in [0.5, 0.6) is 0 Å². The van der Waals surface area contributed by atoms with Gasteiger partial charge < -0.3 is 4.42 Å². The molecular weight excluding hydrogens is 415 g/mol. The Morgan fingerprint density at radius 2 is 1.93 bits per heavy atom. The molecule has 0 saturated carbocycles. The summed E-state index contributed by atoms with van der Waals surface area (Å²) in [5.41, 5.74) is 0.857. The second kappa shape index (κ2) is 7.61. The van der Waals surface area contributed by atoms with E-state index in [0.717, 1.165) is 11.8 Å². The fourth-order valence-corrected chi connectivity index (χ4v) is 4.07. The Morgan fingerprint density at radius 3 is 2.69 bits per heavy atom. The van der Waals surface area contributed by atoms with E-state index in [2.05, 4.69) is 0 Å². The molecule has 0 bridgehead atoms. The Labute approximate surface area is 173 Å². The molecule has 6 nitrogen and oxygen atoms in total. The van der Waals surface area contributed by atoms with E-state index < -0.39 is 10.7 Å². The summed E-state index contributed by atoms with van der Waals surface area (Å²) in [6.45, 7) is 0. The summed E-state index contributed by atoms with van der Waals surface area (Å²) in [6, 6.07) is 15.0. The van der Waals surface area contributed by atoms with Crippen molar-refractivity contribution in [2.45, 2.75) is 0 Å². The zero-order valence-electron chi connectivity index (χ0n) is 14.6. The first kappa shape index (κ1) is 19.0. The van der Waals surface area contributed by atoms with Gasteiger partial charge >= 0.3 is 0 Å². The minimum Gasteiger partial charge on any atom is -0.457 e. The first-order chi connectivity index (χ1) is 13.9. The molecule has 0 unspecified atom stereocenters. The number of hydrogen-bond acceptors (Lipinski definition) is 6. The van der Waals surface area contributed by atoms with Crippen LogP contribution in [0.3, 0.4) is 0 Å². The summed E-state index contributed by atoms with van der Waals surface area (Å²) in [5, 5.41) is 10.9. The first-order valence-corrected chi connectivity index (χ1v) is 9.53. The highest BCUT2D eigenvalue weighted by atomic mass is 32.2. The molecule has 1 saturated heterocycles. The molecule has 0 atom stereocenters. The minimum atomic E-state index is -0.481. The topological polar surface area (TPSA) is 76.6 Å². The minimum absolute atomic E-state index is 0.0450. The van der Waals surface area contributed by atoms with Gasteiger partial charge in [-0.3, -0.25) is 19.8 Å². The summed E-state index contributed by atoms with van der Waals surface area (Å²) in [7, 11) is 0. The van der Waals surface area contributed by atoms with Gasteiger partial charge in [0.1, 0.15) is 17.3 Å². The number of nitrogens with zero attached hydrogens (tertiary/aromatic N) is 2. The number of thiocarbonyl (C=S) groups is 1. The lowest BCUT2D eigenvalue weighted by Gasteiger charge is -2.14. The Hall–Kier alpha value is -3.30. The van der Waals surface area contributed by atoms with Gasteiger partial charge in [0.05, 0.1) is 15.5 Å². The lowest BCUT2D eigenvalue weighted by molar-refractivity contribution is -0.384. The number of amides is 1. The van der Waals surface area contributed by atoms with Crippen LogP contribution in [0.2, 0.25) is 0 Å². The maximum absolute atomic E-state index is 13.5. The van der Waals surface area contributed by atoms with Gasteiger partial charge in [-0.25, -0.2) is 4.39 Å². The lowest BCUT2D eigenvalue weighted by Crippen LogP contribution is -2.27. The third kappa shape index (κ3) is 3.82. The largest absolute Gasteiger partial charge is 0.457 e. The number of nitro benzene ring substituents is 1. The maximum atomic E-state index is 13.5. The monoisotopic (exact) mass is 426 g/mol. The molecule has 0 spiro atoms. The fourth-order valence-electron chi connectivity index (χ4n) is 2.79. The first-order valence-electron chi connectivity index (χ1n) is 8.30. The Bertz CT molecular complexity index is 1190. The maximum Gasteiger partial charge on any atom is 0.270 e. The molecule has 1 aromatic heterocycles. The molecule has 0 radical (unpaired) electrons. The molecule has 1 aliphatic rings. The van der Waals surface area contributed by atoms with Crippen LogP contribution in [0.4, 0.5) is 15.8 Å². The van der Waals surface area contributed by atoms with E-state index in [1.165, 1.54) is 35.2 Å². The van der Waals surface area contributed by atoms with E-state index in [1.807, 2.05) is 0 Å². The second-order valence-electron chi connectivity index (χ2n) is 6.01. The van der Waals surface area contributed by atoms with Crippen LogP contribution in [0.15, 0.2) is 70.0 Å². The van der Waals surface area contributed by atoms with Gasteiger partial charge in [0.25, 0.3) is 11.6 Å². The van der Waals surface area contributed by atoms with E-state index in [0.29, 0.717) is 27.7 Å². The summed E-state index contributed by atoms with van der Waals surface area (Å²) >= 11 is 6.35. The molecule has 4 rings (SSSR count). The van der Waals surface area contributed by atoms with Gasteiger partial charge in [-0.05, 0) is 30.3 Å². The van der Waals surface area contributed by atoms with E-state index in [4.69, 9.17) is 16.6 Å². The number of carbonyl (C=O) groups is 1. The van der Waals surface area contributed by atoms with Crippen LogP contribution in [-0.4, -0.2) is 15.2 Å². The van der Waals surface area contributed by atoms with Crippen molar-refractivity contribution >= 4 is 51.7 Å². The van der Waals surface area contributed by atoms with Gasteiger partial charge in [0.15, 0.2) is 4.32 Å². The summed E-state index contributed by atoms with van der Waals surface area (Å²) < 4.78 is 19.5. The van der Waals surface area contributed by atoms with Crippen LogP contribution in [-0.2, 0) is 4.79 Å². The molecule has 144 valence electrons. The molecule has 1 aliphatic heterocycles. The zero-order valence-corrected chi connectivity index (χ0v) is 16.2. The van der Waals surface area contributed by atoms with Crippen LogP contribution < -0.4 is 4.90 Å². The highest BCUT2D eigenvalue weighted by molar-refractivity contribution is 8.27. The number of benzene rings is 2. The molecule has 2 heterocycles. The van der Waals surface area contributed by atoms with Gasteiger partial charge in [-0.2, -0.15) is 0 Å². The van der Waals surface area contributed by atoms with Crippen LogP contribution in [0.25, 0.3) is 17.4 Å². The predicted octanol–water partition coefficient (Wildman–Crippen LogP) is 5.40. The van der Waals surface area contributed by atoms with Gasteiger partial charge in [0, 0.05) is 23.8 Å². The van der Waals surface area contributed by atoms with E-state index in [-0.39, 0.29) is 15.9 Å². The van der Waals surface area contributed by atoms with Crippen molar-refractivity contribution in [2.75, 3.05) is 4.90 Å². The van der Waals surface area contributed by atoms with Gasteiger partial charge in [-0.15, -0.1) is 0 Å². The Kier molecular flexibility index (Phi) is 4.99. The summed E-state index contributed by atoms with van der Waals surface area (Å²) in [6.07, 6.45) is 1.54. The Balaban J connectivity index is 1.61. The van der Waals surface area contributed by atoms with Crippen molar-refractivity contribution < 1.29 is 18.5 Å². The number of non-ortho nitro benzene ring substituents is 1. The van der Waals surface area contributed by atoms with E-state index >= 15 is 0 Å². The Morgan fingerprint density at radius 1 is 1.14 bits per heavy atom. The second-order valence-corrected chi connectivity index (χ2v) is 7.68. The summed E-state index contributed by atoms with van der Waals surface area (Å²) in [5.74, 6) is -0.0149. The number of halogens is 1. The average Bonchev–Trinajstić information content (AvgIpc) is 3.26. The fraction of sp³-hybridized carbons (Fsp3) is 0. The molecule has 1 fully saturated rings. The third-order valence-corrected chi connectivity index (χ3v) is 5.40. The number of hydrogen-bond donors (Lipinski definition) is 0. The van der Waals surface area contributed by atoms with Gasteiger partial charge in [0.2, 0.25) is 0 Å². The van der Waals surface area contributed by atoms with Crippen LogP contribution in [0.1, 0.15) is 5.76 Å². The SMILES string of the molecule is O=C1C(=Cc2ccc(-c3cccc([N+](=O)[O-])c3)o2)SC(=S)N1c1cccc(F)c1. The third-order valence-electron chi connectivity index (χ3n) is 4.10. The van der Waals surface area contributed by atoms with E-state index in [1.54, 1.807) is 36.4 Å². The molecule has 29 heavy (non-hydrogen) atoms. The van der Waals surface area contributed by atoms with Gasteiger partial charge in [-0.1, -0.05) is 42.2 Å². The van der Waals surface area contributed by atoms with E-state index in [9.17, 15) is 19.3 Å². The van der Waals surface area contributed by atoms with Crippen molar-refractivity contribution in [2.24, 2.45) is 0 Å². The molecule has 3 aromatic rings. The van der Waals surface area contributed by atoms with Crippen LogP contribution >= 0.6 is 24.0 Å². The molecule has 1 amide bonds. The van der Waals surface area contributed by atoms with Crippen molar-refractivity contribution in [3.63, 3.8) is 0 Å².